The van der Waals surface area contributed by atoms with Gasteiger partial charge in [0.05, 0.1) is 30.5 Å². The Bertz CT molecular complexity index is 786. The molecule has 0 aliphatic carbocycles. The SMILES string of the molecule is CC(=O)NC[C@H]1CN(c2ccc(N3CCC(C(C)C#N)CC3)c(F)c2)C(=O)O1. The Morgan fingerprint density at radius 2 is 2.14 bits per heavy atom. The fourth-order valence-corrected chi connectivity index (χ4v) is 3.76. The van der Waals surface area contributed by atoms with Gasteiger partial charge in [0.15, 0.2) is 0 Å². The molecular formula is C20H25FN4O3. The number of ether oxygens (including phenoxy) is 1. The van der Waals surface area contributed by atoms with Crippen molar-refractivity contribution in [2.75, 3.05) is 36.0 Å². The maximum atomic E-state index is 14.8. The number of nitrogens with one attached hydrogen (secondary N) is 1. The molecule has 2 heterocycles. The second kappa shape index (κ2) is 8.46. The van der Waals surface area contributed by atoms with E-state index in [1.54, 1.807) is 12.1 Å². The van der Waals surface area contributed by atoms with E-state index in [1.807, 2.05) is 11.8 Å². The van der Waals surface area contributed by atoms with Crippen molar-refractivity contribution >= 4 is 23.4 Å². The van der Waals surface area contributed by atoms with E-state index in [2.05, 4.69) is 11.4 Å². The van der Waals surface area contributed by atoms with Gasteiger partial charge in [0.25, 0.3) is 0 Å². The second-order valence-electron chi connectivity index (χ2n) is 7.43. The van der Waals surface area contributed by atoms with Crippen LogP contribution in [-0.2, 0) is 9.53 Å². The Morgan fingerprint density at radius 3 is 2.75 bits per heavy atom. The van der Waals surface area contributed by atoms with Crippen LogP contribution in [0.1, 0.15) is 26.7 Å². The molecule has 28 heavy (non-hydrogen) atoms. The van der Waals surface area contributed by atoms with Gasteiger partial charge in [-0.2, -0.15) is 5.26 Å². The van der Waals surface area contributed by atoms with Gasteiger partial charge < -0.3 is 15.0 Å². The Kier molecular flexibility index (Phi) is 6.02. The van der Waals surface area contributed by atoms with E-state index in [1.165, 1.54) is 17.9 Å². The molecule has 2 fully saturated rings. The Hall–Kier alpha value is -2.82. The van der Waals surface area contributed by atoms with Crippen LogP contribution in [0.2, 0.25) is 0 Å². The molecule has 0 bridgehead atoms. The van der Waals surface area contributed by atoms with Crippen molar-refractivity contribution in [1.82, 2.24) is 5.32 Å². The number of piperidine rings is 1. The van der Waals surface area contributed by atoms with Crippen LogP contribution < -0.4 is 15.1 Å². The van der Waals surface area contributed by atoms with Crippen LogP contribution in [0.15, 0.2) is 18.2 Å². The first-order valence-electron chi connectivity index (χ1n) is 9.55. The predicted molar refractivity (Wildman–Crippen MR) is 102 cm³/mol. The van der Waals surface area contributed by atoms with Gasteiger partial charge in [-0.25, -0.2) is 9.18 Å². The molecule has 2 amide bonds. The first kappa shape index (κ1) is 19.9. The van der Waals surface area contributed by atoms with Crippen LogP contribution in [0.25, 0.3) is 0 Å². The number of anilines is 2. The smallest absolute Gasteiger partial charge is 0.414 e. The Labute approximate surface area is 164 Å². The molecule has 8 heteroatoms. The van der Waals surface area contributed by atoms with Crippen molar-refractivity contribution in [3.05, 3.63) is 24.0 Å². The van der Waals surface area contributed by atoms with Crippen molar-refractivity contribution < 1.29 is 18.7 Å². The summed E-state index contributed by atoms with van der Waals surface area (Å²) < 4.78 is 20.0. The molecule has 2 aliphatic rings. The minimum Gasteiger partial charge on any atom is -0.442 e. The van der Waals surface area contributed by atoms with Gasteiger partial charge in [-0.15, -0.1) is 0 Å². The van der Waals surface area contributed by atoms with Crippen LogP contribution in [-0.4, -0.2) is 44.3 Å². The molecule has 0 radical (unpaired) electrons. The molecule has 1 N–H and O–H groups in total. The monoisotopic (exact) mass is 388 g/mol. The summed E-state index contributed by atoms with van der Waals surface area (Å²) in [6.45, 7) is 5.23. The molecular weight excluding hydrogens is 363 g/mol. The molecule has 1 aromatic rings. The van der Waals surface area contributed by atoms with Crippen LogP contribution in [0.3, 0.4) is 0 Å². The summed E-state index contributed by atoms with van der Waals surface area (Å²) in [5, 5.41) is 11.7. The highest BCUT2D eigenvalue weighted by atomic mass is 19.1. The van der Waals surface area contributed by atoms with Crippen molar-refractivity contribution in [3.63, 3.8) is 0 Å². The minimum atomic E-state index is -0.547. The van der Waals surface area contributed by atoms with Crippen molar-refractivity contribution in [2.45, 2.75) is 32.8 Å². The van der Waals surface area contributed by atoms with E-state index in [0.717, 1.165) is 12.8 Å². The third-order valence-corrected chi connectivity index (χ3v) is 5.49. The first-order valence-corrected chi connectivity index (χ1v) is 9.55. The number of nitriles is 1. The summed E-state index contributed by atoms with van der Waals surface area (Å²) in [6.07, 6.45) is 0.715. The molecule has 150 valence electrons. The molecule has 0 spiro atoms. The lowest BCUT2D eigenvalue weighted by atomic mass is 9.86. The maximum absolute atomic E-state index is 14.8. The van der Waals surface area contributed by atoms with Crippen molar-refractivity contribution in [3.8, 4) is 6.07 Å². The van der Waals surface area contributed by atoms with Gasteiger partial charge in [0.1, 0.15) is 11.9 Å². The molecule has 2 atom stereocenters. The van der Waals surface area contributed by atoms with Gasteiger partial charge >= 0.3 is 6.09 Å². The summed E-state index contributed by atoms with van der Waals surface area (Å²) in [7, 11) is 0. The largest absolute Gasteiger partial charge is 0.442 e. The number of halogens is 1. The number of carbonyl (C=O) groups excluding carboxylic acids is 2. The molecule has 7 nitrogen and oxygen atoms in total. The predicted octanol–water partition coefficient (Wildman–Crippen LogP) is 2.66. The molecule has 2 saturated heterocycles. The third-order valence-electron chi connectivity index (χ3n) is 5.49. The molecule has 3 rings (SSSR count). The Morgan fingerprint density at radius 1 is 1.43 bits per heavy atom. The highest BCUT2D eigenvalue weighted by molar-refractivity contribution is 5.90. The zero-order chi connectivity index (χ0) is 20.3. The molecule has 2 aliphatic heterocycles. The fraction of sp³-hybridized carbons (Fsp3) is 0.550. The van der Waals surface area contributed by atoms with E-state index >= 15 is 0 Å². The summed E-state index contributed by atoms with van der Waals surface area (Å²) >= 11 is 0. The van der Waals surface area contributed by atoms with Gasteiger partial charge in [0, 0.05) is 25.9 Å². The molecule has 0 aromatic heterocycles. The summed E-state index contributed by atoms with van der Waals surface area (Å²) in [5.74, 6) is -0.218. The summed E-state index contributed by atoms with van der Waals surface area (Å²) in [5.41, 5.74) is 0.943. The van der Waals surface area contributed by atoms with Crippen LogP contribution in [0.4, 0.5) is 20.6 Å². The zero-order valence-electron chi connectivity index (χ0n) is 16.2. The lowest BCUT2D eigenvalue weighted by Gasteiger charge is -2.34. The molecule has 1 aromatic carbocycles. The Balaban J connectivity index is 1.64. The summed E-state index contributed by atoms with van der Waals surface area (Å²) in [6, 6.07) is 7.05. The van der Waals surface area contributed by atoms with Gasteiger partial charge in [0.2, 0.25) is 5.91 Å². The highest BCUT2D eigenvalue weighted by Crippen LogP contribution is 2.32. The number of nitrogens with zero attached hydrogens (tertiary/aromatic N) is 3. The minimum absolute atomic E-state index is 0.0148. The number of carbonyl (C=O) groups is 2. The van der Waals surface area contributed by atoms with Crippen LogP contribution in [0, 0.1) is 29.0 Å². The fourth-order valence-electron chi connectivity index (χ4n) is 3.76. The number of cyclic esters (lactones) is 1. The maximum Gasteiger partial charge on any atom is 0.414 e. The topological polar surface area (TPSA) is 85.7 Å². The normalized spacial score (nSPS) is 21.2. The number of amides is 2. The van der Waals surface area contributed by atoms with Gasteiger partial charge in [-0.3, -0.25) is 9.69 Å². The van der Waals surface area contributed by atoms with E-state index in [9.17, 15) is 14.0 Å². The third kappa shape index (κ3) is 4.35. The lowest BCUT2D eigenvalue weighted by Crippen LogP contribution is -2.36. The van der Waals surface area contributed by atoms with E-state index in [-0.39, 0.29) is 30.7 Å². The number of hydrogen-bond donors (Lipinski definition) is 1. The van der Waals surface area contributed by atoms with Gasteiger partial charge in [-0.05, 0) is 43.9 Å². The second-order valence-corrected chi connectivity index (χ2v) is 7.43. The first-order chi connectivity index (χ1) is 13.4. The van der Waals surface area contributed by atoms with Gasteiger partial charge in [-0.1, -0.05) is 0 Å². The molecule has 0 saturated carbocycles. The van der Waals surface area contributed by atoms with E-state index in [4.69, 9.17) is 10.00 Å². The quantitative estimate of drug-likeness (QED) is 0.838. The standard InChI is InChI=1S/C20H25FN4O3/c1-13(10-22)15-5-7-24(8-6-15)19-4-3-16(9-18(19)21)25-12-17(28-20(25)27)11-23-14(2)26/h3-4,9,13,15,17H,5-8,11-12H2,1-2H3,(H,23,26)/t13?,17-/m0/s1. The van der Waals surface area contributed by atoms with Crippen molar-refractivity contribution in [1.29, 1.82) is 5.26 Å². The number of rotatable bonds is 5. The average Bonchev–Trinajstić information content (AvgIpc) is 3.06. The van der Waals surface area contributed by atoms with Crippen LogP contribution >= 0.6 is 0 Å². The average molecular weight is 388 g/mol. The zero-order valence-corrected chi connectivity index (χ0v) is 16.2. The molecule has 1 unspecified atom stereocenters. The van der Waals surface area contributed by atoms with Crippen LogP contribution in [0.5, 0.6) is 0 Å². The highest BCUT2D eigenvalue weighted by Gasteiger charge is 2.33. The van der Waals surface area contributed by atoms with E-state index < -0.39 is 12.2 Å². The number of hydrogen-bond acceptors (Lipinski definition) is 5. The number of benzene rings is 1. The summed E-state index contributed by atoms with van der Waals surface area (Å²) in [4.78, 5) is 26.5. The van der Waals surface area contributed by atoms with Crippen molar-refractivity contribution in [2.24, 2.45) is 11.8 Å². The lowest BCUT2D eigenvalue weighted by molar-refractivity contribution is -0.119. The van der Waals surface area contributed by atoms with E-state index in [0.29, 0.717) is 30.4 Å².